The molecule has 0 aromatic heterocycles. The van der Waals surface area contributed by atoms with Crippen molar-refractivity contribution in [3.05, 3.63) is 32.4 Å². The van der Waals surface area contributed by atoms with E-state index in [4.69, 9.17) is 0 Å². The lowest BCUT2D eigenvalue weighted by molar-refractivity contribution is 0.0594. The summed E-state index contributed by atoms with van der Waals surface area (Å²) in [4.78, 5) is 11.1. The number of carbonyl (C=O) groups is 1. The summed E-state index contributed by atoms with van der Waals surface area (Å²) in [5.74, 6) is -2.33. The van der Waals surface area contributed by atoms with E-state index in [0.29, 0.717) is 0 Å². The second-order valence-electron chi connectivity index (χ2n) is 2.67. The van der Waals surface area contributed by atoms with E-state index in [1.54, 1.807) is 0 Å². The molecule has 0 atom stereocenters. The van der Waals surface area contributed by atoms with E-state index in [-0.39, 0.29) is 14.7 Å². The van der Waals surface area contributed by atoms with Crippen molar-refractivity contribution >= 4 is 28.6 Å². The molecule has 0 bridgehead atoms. The summed E-state index contributed by atoms with van der Waals surface area (Å²) in [5.41, 5.74) is 0.0190. The molecule has 0 aliphatic heterocycles. The number of esters is 1. The van der Waals surface area contributed by atoms with Crippen LogP contribution in [-0.2, 0) is 4.74 Å². The largest absolute Gasteiger partial charge is 0.465 e. The lowest BCUT2D eigenvalue weighted by atomic mass is 10.1. The highest BCUT2D eigenvalue weighted by molar-refractivity contribution is 14.1. The zero-order valence-corrected chi connectivity index (χ0v) is 9.69. The fourth-order valence-corrected chi connectivity index (χ4v) is 1.49. The van der Waals surface area contributed by atoms with E-state index in [0.717, 1.165) is 13.2 Å². The van der Waals surface area contributed by atoms with Crippen LogP contribution < -0.4 is 0 Å². The monoisotopic (exact) mass is 312 g/mol. The molecule has 0 fully saturated rings. The maximum Gasteiger partial charge on any atom is 0.341 e. The third kappa shape index (κ3) is 1.87. The van der Waals surface area contributed by atoms with Crippen LogP contribution in [0.5, 0.6) is 0 Å². The maximum atomic E-state index is 13.4. The lowest BCUT2D eigenvalue weighted by Gasteiger charge is -2.07. The molecule has 14 heavy (non-hydrogen) atoms. The van der Waals surface area contributed by atoms with Crippen LogP contribution in [0.2, 0.25) is 0 Å². The van der Waals surface area contributed by atoms with Crippen molar-refractivity contribution in [2.45, 2.75) is 6.92 Å². The number of halogens is 3. The second kappa shape index (κ2) is 4.20. The molecule has 0 N–H and O–H groups in total. The van der Waals surface area contributed by atoms with Gasteiger partial charge in [0.2, 0.25) is 0 Å². The van der Waals surface area contributed by atoms with Gasteiger partial charge in [0.1, 0.15) is 5.82 Å². The van der Waals surface area contributed by atoms with Gasteiger partial charge in [-0.15, -0.1) is 0 Å². The van der Waals surface area contributed by atoms with Gasteiger partial charge in [0.15, 0.2) is 5.82 Å². The van der Waals surface area contributed by atoms with Gasteiger partial charge in [-0.1, -0.05) is 0 Å². The summed E-state index contributed by atoms with van der Waals surface area (Å²) in [6.45, 7) is 1.45. The van der Waals surface area contributed by atoms with Gasteiger partial charge < -0.3 is 4.74 Å². The van der Waals surface area contributed by atoms with Crippen LogP contribution in [-0.4, -0.2) is 13.1 Å². The molecule has 1 aromatic carbocycles. The topological polar surface area (TPSA) is 26.3 Å². The summed E-state index contributed by atoms with van der Waals surface area (Å²) in [6.07, 6.45) is 0. The molecular formula is C9H7F2IO2. The summed E-state index contributed by atoms with van der Waals surface area (Å²) in [6, 6.07) is 1.11. The van der Waals surface area contributed by atoms with Crippen LogP contribution in [0.15, 0.2) is 6.07 Å². The van der Waals surface area contributed by atoms with Crippen molar-refractivity contribution in [2.75, 3.05) is 7.11 Å². The van der Waals surface area contributed by atoms with Crippen molar-refractivity contribution in [3.63, 3.8) is 0 Å². The molecule has 0 saturated carbocycles. The fourth-order valence-electron chi connectivity index (χ4n) is 1.07. The molecule has 0 amide bonds. The number of benzene rings is 1. The molecule has 0 aliphatic rings. The molecule has 0 radical (unpaired) electrons. The highest BCUT2D eigenvalue weighted by Gasteiger charge is 2.20. The van der Waals surface area contributed by atoms with Gasteiger partial charge in [0.05, 0.1) is 16.2 Å². The van der Waals surface area contributed by atoms with Crippen LogP contribution in [0.1, 0.15) is 15.9 Å². The predicted molar refractivity (Wildman–Crippen MR) is 55.2 cm³/mol. The van der Waals surface area contributed by atoms with E-state index < -0.39 is 17.6 Å². The highest BCUT2D eigenvalue weighted by atomic mass is 127. The normalized spacial score (nSPS) is 10.1. The number of rotatable bonds is 1. The van der Waals surface area contributed by atoms with Crippen LogP contribution in [0.25, 0.3) is 0 Å². The molecule has 5 heteroatoms. The van der Waals surface area contributed by atoms with Crippen LogP contribution in [0, 0.1) is 22.1 Å². The minimum atomic E-state index is -0.866. The Morgan fingerprint density at radius 1 is 1.50 bits per heavy atom. The Labute approximate surface area is 93.4 Å². The van der Waals surface area contributed by atoms with E-state index in [1.807, 2.05) is 0 Å². The Bertz CT molecular complexity index is 391. The first-order valence-corrected chi connectivity index (χ1v) is 4.79. The van der Waals surface area contributed by atoms with E-state index in [9.17, 15) is 13.6 Å². The number of methoxy groups -OCH3 is 1. The SMILES string of the molecule is COC(=O)c1c(C)cc(F)c(I)c1F. The summed E-state index contributed by atoms with van der Waals surface area (Å²) >= 11 is 1.50. The molecule has 2 nitrogen and oxygen atoms in total. The minimum Gasteiger partial charge on any atom is -0.465 e. The molecule has 0 aliphatic carbocycles. The number of aryl methyl sites for hydroxylation is 1. The molecular weight excluding hydrogens is 305 g/mol. The van der Waals surface area contributed by atoms with Crippen LogP contribution in [0.3, 0.4) is 0 Å². The summed E-state index contributed by atoms with van der Waals surface area (Å²) in [7, 11) is 1.15. The molecule has 0 saturated heterocycles. The molecule has 0 heterocycles. The van der Waals surface area contributed by atoms with Gasteiger partial charge in [0.25, 0.3) is 0 Å². The minimum absolute atomic E-state index is 0.200. The fraction of sp³-hybridized carbons (Fsp3) is 0.222. The van der Waals surface area contributed by atoms with E-state index in [1.165, 1.54) is 29.5 Å². The van der Waals surface area contributed by atoms with Crippen molar-refractivity contribution in [3.8, 4) is 0 Å². The van der Waals surface area contributed by atoms with Crippen molar-refractivity contribution in [1.82, 2.24) is 0 Å². The average Bonchev–Trinajstić information content (AvgIpc) is 2.14. The van der Waals surface area contributed by atoms with Crippen LogP contribution in [0.4, 0.5) is 8.78 Å². The first kappa shape index (κ1) is 11.4. The van der Waals surface area contributed by atoms with Gasteiger partial charge in [-0.25, -0.2) is 13.6 Å². The third-order valence-electron chi connectivity index (χ3n) is 1.75. The zero-order chi connectivity index (χ0) is 10.9. The Morgan fingerprint density at radius 2 is 2.07 bits per heavy atom. The Balaban J connectivity index is 3.44. The first-order valence-electron chi connectivity index (χ1n) is 3.71. The summed E-state index contributed by atoms with van der Waals surface area (Å²) in [5, 5.41) is 0. The zero-order valence-electron chi connectivity index (χ0n) is 7.53. The van der Waals surface area contributed by atoms with Crippen LogP contribution >= 0.6 is 22.6 Å². The van der Waals surface area contributed by atoms with Crippen molar-refractivity contribution < 1.29 is 18.3 Å². The Hall–Kier alpha value is -0.720. The summed E-state index contributed by atoms with van der Waals surface area (Å²) < 4.78 is 30.6. The third-order valence-corrected chi connectivity index (χ3v) is 2.74. The number of ether oxygens (including phenoxy) is 1. The molecule has 0 unspecified atom stereocenters. The molecule has 0 spiro atoms. The first-order chi connectivity index (χ1) is 6.49. The predicted octanol–water partition coefficient (Wildman–Crippen LogP) is 2.66. The van der Waals surface area contributed by atoms with Crippen molar-refractivity contribution in [1.29, 1.82) is 0 Å². The number of carbonyl (C=O) groups excluding carboxylic acids is 1. The average molecular weight is 312 g/mol. The van der Waals surface area contributed by atoms with Gasteiger partial charge >= 0.3 is 5.97 Å². The molecule has 1 aromatic rings. The lowest BCUT2D eigenvalue weighted by Crippen LogP contribution is -2.09. The quantitative estimate of drug-likeness (QED) is 0.453. The van der Waals surface area contributed by atoms with Gasteiger partial charge in [-0.05, 0) is 41.1 Å². The molecule has 1 rings (SSSR count). The molecule has 76 valence electrons. The van der Waals surface area contributed by atoms with Gasteiger partial charge in [-0.3, -0.25) is 0 Å². The second-order valence-corrected chi connectivity index (χ2v) is 3.75. The van der Waals surface area contributed by atoms with Crippen molar-refractivity contribution in [2.24, 2.45) is 0 Å². The highest BCUT2D eigenvalue weighted by Crippen LogP contribution is 2.22. The Morgan fingerprint density at radius 3 is 2.57 bits per heavy atom. The number of hydrogen-bond donors (Lipinski definition) is 0. The Kier molecular flexibility index (Phi) is 3.41. The van der Waals surface area contributed by atoms with E-state index in [2.05, 4.69) is 4.74 Å². The van der Waals surface area contributed by atoms with Gasteiger partial charge in [-0.2, -0.15) is 0 Å². The van der Waals surface area contributed by atoms with E-state index >= 15 is 0 Å². The van der Waals surface area contributed by atoms with Gasteiger partial charge in [0, 0.05) is 0 Å². The smallest absolute Gasteiger partial charge is 0.341 e. The standard InChI is InChI=1S/C9H7F2IO2/c1-4-3-5(10)8(12)7(11)6(4)9(13)14-2/h3H,1-2H3. The number of hydrogen-bond acceptors (Lipinski definition) is 2. The maximum absolute atomic E-state index is 13.4.